The van der Waals surface area contributed by atoms with Crippen molar-refractivity contribution in [3.8, 4) is 0 Å². The van der Waals surface area contributed by atoms with Crippen molar-refractivity contribution in [3.63, 3.8) is 0 Å². The fourth-order valence-corrected chi connectivity index (χ4v) is 3.54. The van der Waals surface area contributed by atoms with Gasteiger partial charge in [-0.25, -0.2) is 0 Å². The molecule has 3 aromatic carbocycles. The summed E-state index contributed by atoms with van der Waals surface area (Å²) in [5.74, 6) is 0.0635. The van der Waals surface area contributed by atoms with Crippen molar-refractivity contribution in [2.75, 3.05) is 25.6 Å². The van der Waals surface area contributed by atoms with Gasteiger partial charge in [-0.3, -0.25) is 4.79 Å². The molecule has 4 heteroatoms. The summed E-state index contributed by atoms with van der Waals surface area (Å²) in [4.78, 5) is 15.0. The normalized spacial score (nSPS) is 16.4. The minimum Gasteiger partial charge on any atom is -0.385 e. The third kappa shape index (κ3) is 3.04. The standard InChI is InChI=1S/C22H22N2O2/c1-26-14-6-13-24-21(23-20-10-5-4-9-19(20)22(24)25)18-12-11-16-7-2-3-8-17(16)15-18/h2-5,7-12,15,21,23H,6,13-14H2,1H3. The summed E-state index contributed by atoms with van der Waals surface area (Å²) in [6, 6.07) is 22.4. The highest BCUT2D eigenvalue weighted by Crippen LogP contribution is 2.34. The van der Waals surface area contributed by atoms with Crippen molar-refractivity contribution < 1.29 is 9.53 Å². The number of hydrogen-bond acceptors (Lipinski definition) is 3. The lowest BCUT2D eigenvalue weighted by Crippen LogP contribution is -2.43. The molecule has 1 heterocycles. The molecule has 1 atom stereocenters. The third-order valence-corrected chi connectivity index (χ3v) is 4.86. The third-order valence-electron chi connectivity index (χ3n) is 4.86. The molecule has 0 fully saturated rings. The molecule has 1 N–H and O–H groups in total. The van der Waals surface area contributed by atoms with E-state index in [1.54, 1.807) is 7.11 Å². The number of methoxy groups -OCH3 is 1. The maximum Gasteiger partial charge on any atom is 0.257 e. The Morgan fingerprint density at radius 3 is 2.62 bits per heavy atom. The van der Waals surface area contributed by atoms with Crippen LogP contribution in [-0.2, 0) is 4.74 Å². The summed E-state index contributed by atoms with van der Waals surface area (Å²) < 4.78 is 5.18. The van der Waals surface area contributed by atoms with Gasteiger partial charge in [0.25, 0.3) is 5.91 Å². The molecule has 1 unspecified atom stereocenters. The first kappa shape index (κ1) is 16.6. The highest BCUT2D eigenvalue weighted by Gasteiger charge is 2.32. The molecule has 3 aromatic rings. The number of nitrogens with one attached hydrogen (secondary N) is 1. The number of carbonyl (C=O) groups excluding carboxylic acids is 1. The van der Waals surface area contributed by atoms with Gasteiger partial charge in [-0.2, -0.15) is 0 Å². The Kier molecular flexibility index (Phi) is 4.59. The number of carbonyl (C=O) groups is 1. The molecule has 0 radical (unpaired) electrons. The summed E-state index contributed by atoms with van der Waals surface area (Å²) in [5.41, 5.74) is 2.70. The lowest BCUT2D eigenvalue weighted by Gasteiger charge is -2.38. The topological polar surface area (TPSA) is 41.6 Å². The highest BCUT2D eigenvalue weighted by atomic mass is 16.5. The number of amides is 1. The Morgan fingerprint density at radius 1 is 1.00 bits per heavy atom. The molecular formula is C22H22N2O2. The maximum absolute atomic E-state index is 13.1. The first-order valence-electron chi connectivity index (χ1n) is 8.92. The molecule has 4 rings (SSSR count). The van der Waals surface area contributed by atoms with Gasteiger partial charge in [0, 0.05) is 25.9 Å². The van der Waals surface area contributed by atoms with Crippen LogP contribution in [0.2, 0.25) is 0 Å². The molecule has 132 valence electrons. The summed E-state index contributed by atoms with van der Waals surface area (Å²) >= 11 is 0. The number of benzene rings is 3. The van der Waals surface area contributed by atoms with E-state index in [0.29, 0.717) is 13.2 Å². The van der Waals surface area contributed by atoms with Crippen LogP contribution in [0.1, 0.15) is 28.5 Å². The van der Waals surface area contributed by atoms with Crippen LogP contribution < -0.4 is 5.32 Å². The predicted octanol–water partition coefficient (Wildman–Crippen LogP) is 4.44. The van der Waals surface area contributed by atoms with Gasteiger partial charge in [-0.1, -0.05) is 48.5 Å². The fourth-order valence-electron chi connectivity index (χ4n) is 3.54. The van der Waals surface area contributed by atoms with Gasteiger partial charge in [0.05, 0.1) is 5.56 Å². The van der Waals surface area contributed by atoms with Gasteiger partial charge in [0.1, 0.15) is 6.17 Å². The molecular weight excluding hydrogens is 324 g/mol. The van der Waals surface area contributed by atoms with Crippen molar-refractivity contribution >= 4 is 22.4 Å². The summed E-state index contributed by atoms with van der Waals surface area (Å²) in [7, 11) is 1.69. The van der Waals surface area contributed by atoms with E-state index in [-0.39, 0.29) is 12.1 Å². The second-order valence-electron chi connectivity index (χ2n) is 6.54. The number of nitrogens with zero attached hydrogens (tertiary/aromatic N) is 1. The Labute approximate surface area is 153 Å². The molecule has 0 saturated carbocycles. The summed E-state index contributed by atoms with van der Waals surface area (Å²) in [6.45, 7) is 1.28. The van der Waals surface area contributed by atoms with Crippen LogP contribution in [0.5, 0.6) is 0 Å². The number of fused-ring (bicyclic) bond motifs is 2. The van der Waals surface area contributed by atoms with Crippen LogP contribution in [0.25, 0.3) is 10.8 Å². The SMILES string of the molecule is COCCCN1C(=O)c2ccccc2NC1c1ccc2ccccc2c1. The van der Waals surface area contributed by atoms with E-state index in [0.717, 1.165) is 23.2 Å². The average molecular weight is 346 g/mol. The first-order valence-corrected chi connectivity index (χ1v) is 8.92. The van der Waals surface area contributed by atoms with E-state index < -0.39 is 0 Å². The first-order chi connectivity index (χ1) is 12.8. The molecule has 4 nitrogen and oxygen atoms in total. The second-order valence-corrected chi connectivity index (χ2v) is 6.54. The maximum atomic E-state index is 13.1. The molecule has 0 spiro atoms. The van der Waals surface area contributed by atoms with Crippen molar-refractivity contribution in [2.24, 2.45) is 0 Å². The molecule has 1 amide bonds. The molecule has 0 bridgehead atoms. The Morgan fingerprint density at radius 2 is 1.77 bits per heavy atom. The van der Waals surface area contributed by atoms with Crippen molar-refractivity contribution in [1.82, 2.24) is 4.90 Å². The molecule has 1 aliphatic heterocycles. The summed E-state index contributed by atoms with van der Waals surface area (Å²) in [5, 5.41) is 5.92. The second kappa shape index (κ2) is 7.18. The lowest BCUT2D eigenvalue weighted by atomic mass is 10.0. The zero-order valence-corrected chi connectivity index (χ0v) is 14.8. The van der Waals surface area contributed by atoms with Gasteiger partial charge in [0.15, 0.2) is 0 Å². The number of rotatable bonds is 5. The van der Waals surface area contributed by atoms with Crippen molar-refractivity contribution in [2.45, 2.75) is 12.6 Å². The van der Waals surface area contributed by atoms with Gasteiger partial charge in [-0.15, -0.1) is 0 Å². The number of anilines is 1. The smallest absolute Gasteiger partial charge is 0.257 e. The van der Waals surface area contributed by atoms with E-state index in [2.05, 4.69) is 35.6 Å². The van der Waals surface area contributed by atoms with Crippen LogP contribution in [0.4, 0.5) is 5.69 Å². The van der Waals surface area contributed by atoms with Gasteiger partial charge < -0.3 is 15.0 Å². The predicted molar refractivity (Wildman–Crippen MR) is 104 cm³/mol. The highest BCUT2D eigenvalue weighted by molar-refractivity contribution is 6.01. The zero-order valence-electron chi connectivity index (χ0n) is 14.8. The minimum atomic E-state index is -0.182. The van der Waals surface area contributed by atoms with Crippen molar-refractivity contribution in [1.29, 1.82) is 0 Å². The molecule has 0 aromatic heterocycles. The van der Waals surface area contributed by atoms with E-state index in [9.17, 15) is 4.79 Å². The minimum absolute atomic E-state index is 0.0635. The largest absolute Gasteiger partial charge is 0.385 e. The summed E-state index contributed by atoms with van der Waals surface area (Å²) in [6.07, 6.45) is 0.620. The van der Waals surface area contributed by atoms with Crippen molar-refractivity contribution in [3.05, 3.63) is 77.9 Å². The number of para-hydroxylation sites is 1. The van der Waals surface area contributed by atoms with E-state index in [4.69, 9.17) is 4.74 Å². The Hall–Kier alpha value is -2.85. The van der Waals surface area contributed by atoms with Crippen LogP contribution in [0, 0.1) is 0 Å². The Balaban J connectivity index is 1.73. The lowest BCUT2D eigenvalue weighted by molar-refractivity contribution is 0.0660. The van der Waals surface area contributed by atoms with E-state index in [1.807, 2.05) is 41.3 Å². The molecule has 0 saturated heterocycles. The van der Waals surface area contributed by atoms with Crippen LogP contribution in [0.3, 0.4) is 0 Å². The fraction of sp³-hybridized carbons (Fsp3) is 0.227. The molecule has 26 heavy (non-hydrogen) atoms. The van der Waals surface area contributed by atoms with Gasteiger partial charge >= 0.3 is 0 Å². The number of hydrogen-bond donors (Lipinski definition) is 1. The van der Waals surface area contributed by atoms with E-state index >= 15 is 0 Å². The number of ether oxygens (including phenoxy) is 1. The zero-order chi connectivity index (χ0) is 17.9. The quantitative estimate of drug-likeness (QED) is 0.694. The average Bonchev–Trinajstić information content (AvgIpc) is 2.69. The van der Waals surface area contributed by atoms with Gasteiger partial charge in [-0.05, 0) is 41.0 Å². The molecule has 1 aliphatic rings. The van der Waals surface area contributed by atoms with Crippen LogP contribution in [-0.4, -0.2) is 31.1 Å². The molecule has 0 aliphatic carbocycles. The van der Waals surface area contributed by atoms with Gasteiger partial charge in [0.2, 0.25) is 0 Å². The van der Waals surface area contributed by atoms with Crippen LogP contribution in [0.15, 0.2) is 66.7 Å². The monoisotopic (exact) mass is 346 g/mol. The van der Waals surface area contributed by atoms with E-state index in [1.165, 1.54) is 10.8 Å². The Bertz CT molecular complexity index is 938. The van der Waals surface area contributed by atoms with Crippen LogP contribution >= 0.6 is 0 Å².